The predicted octanol–water partition coefficient (Wildman–Crippen LogP) is 2.44. The fourth-order valence-electron chi connectivity index (χ4n) is 1.93. The van der Waals surface area contributed by atoms with Gasteiger partial charge in [-0.25, -0.2) is 8.42 Å². The van der Waals surface area contributed by atoms with Crippen LogP contribution in [0.15, 0.2) is 27.6 Å². The third-order valence-corrected chi connectivity index (χ3v) is 6.37. The molecule has 0 saturated carbocycles. The van der Waals surface area contributed by atoms with Gasteiger partial charge in [0.25, 0.3) is 0 Å². The molecule has 1 saturated heterocycles. The minimum absolute atomic E-state index is 0.216. The maximum absolute atomic E-state index is 12.4. The molecule has 102 valence electrons. The summed E-state index contributed by atoms with van der Waals surface area (Å²) in [5.41, 5.74) is -0.312. The second kappa shape index (κ2) is 5.44. The Bertz CT molecular complexity index is 632. The van der Waals surface area contributed by atoms with Crippen molar-refractivity contribution in [1.29, 1.82) is 5.26 Å². The molecule has 19 heavy (non-hydrogen) atoms. The van der Waals surface area contributed by atoms with Gasteiger partial charge in [0.2, 0.25) is 10.0 Å². The Morgan fingerprint density at radius 3 is 2.84 bits per heavy atom. The number of aryl methyl sites for hydroxylation is 1. The number of benzene rings is 1. The molecule has 0 bridgehead atoms. The molecule has 1 N–H and O–H groups in total. The molecule has 4 nitrogen and oxygen atoms in total. The molecule has 2 rings (SSSR count). The Morgan fingerprint density at radius 2 is 2.26 bits per heavy atom. The number of thioether (sulfide) groups is 1. The molecule has 1 aliphatic rings. The van der Waals surface area contributed by atoms with Crippen LogP contribution in [0.1, 0.15) is 12.0 Å². The maximum Gasteiger partial charge on any atom is 0.242 e. The highest BCUT2D eigenvalue weighted by Gasteiger charge is 2.39. The highest BCUT2D eigenvalue weighted by atomic mass is 79.9. The molecule has 0 aromatic heterocycles. The Morgan fingerprint density at radius 1 is 1.53 bits per heavy atom. The van der Waals surface area contributed by atoms with E-state index in [9.17, 15) is 13.7 Å². The fraction of sp³-hybridized carbons (Fsp3) is 0.417. The van der Waals surface area contributed by atoms with E-state index in [1.54, 1.807) is 36.9 Å². The smallest absolute Gasteiger partial charge is 0.207 e. The molecule has 1 aromatic rings. The van der Waals surface area contributed by atoms with Gasteiger partial charge in [0.15, 0.2) is 0 Å². The molecule has 1 atom stereocenters. The summed E-state index contributed by atoms with van der Waals surface area (Å²) in [6.45, 7) is 1.74. The zero-order chi connectivity index (χ0) is 14.1. The zero-order valence-corrected chi connectivity index (χ0v) is 13.5. The lowest BCUT2D eigenvalue weighted by atomic mass is 10.0. The van der Waals surface area contributed by atoms with Crippen molar-refractivity contribution in [2.24, 2.45) is 0 Å². The standard InChI is InChI=1S/C12H13BrN2O2S2/c1-9-2-3-10(13)6-11(9)19(16,17)15-12(7-14)4-5-18-8-12/h2-3,6,15H,4-5,8H2,1H3. The number of nitrogens with zero attached hydrogens (tertiary/aromatic N) is 1. The van der Waals surface area contributed by atoms with E-state index in [0.29, 0.717) is 22.2 Å². The molecule has 1 heterocycles. The number of hydrogen-bond acceptors (Lipinski definition) is 4. The summed E-state index contributed by atoms with van der Waals surface area (Å²) in [5, 5.41) is 9.25. The quantitative estimate of drug-likeness (QED) is 0.898. The first-order valence-electron chi connectivity index (χ1n) is 5.68. The second-order valence-electron chi connectivity index (χ2n) is 4.51. The Kier molecular flexibility index (Phi) is 4.26. The number of sulfonamides is 1. The molecule has 7 heteroatoms. The van der Waals surface area contributed by atoms with E-state index in [2.05, 4.69) is 26.7 Å². The van der Waals surface area contributed by atoms with Gasteiger partial charge in [0, 0.05) is 10.2 Å². The van der Waals surface area contributed by atoms with Crippen molar-refractivity contribution in [1.82, 2.24) is 4.72 Å². The normalized spacial score (nSPS) is 23.2. The van der Waals surface area contributed by atoms with Crippen LogP contribution in [-0.4, -0.2) is 25.5 Å². The van der Waals surface area contributed by atoms with Crippen LogP contribution >= 0.6 is 27.7 Å². The molecular weight excluding hydrogens is 348 g/mol. The SMILES string of the molecule is Cc1ccc(Br)cc1S(=O)(=O)NC1(C#N)CCSC1. The Balaban J connectivity index is 2.38. The minimum atomic E-state index is -3.68. The number of rotatable bonds is 3. The molecule has 1 unspecified atom stereocenters. The Hall–Kier alpha value is -0.550. The van der Waals surface area contributed by atoms with E-state index >= 15 is 0 Å². The number of halogens is 1. The first-order chi connectivity index (χ1) is 8.88. The van der Waals surface area contributed by atoms with Crippen LogP contribution in [0.3, 0.4) is 0 Å². The highest BCUT2D eigenvalue weighted by Crippen LogP contribution is 2.30. The number of nitriles is 1. The third kappa shape index (κ3) is 3.14. The summed E-state index contributed by atoms with van der Waals surface area (Å²) in [7, 11) is -3.68. The van der Waals surface area contributed by atoms with Crippen molar-refractivity contribution < 1.29 is 8.42 Å². The van der Waals surface area contributed by atoms with Gasteiger partial charge in [0.05, 0.1) is 11.0 Å². The second-order valence-corrected chi connectivity index (χ2v) is 8.18. The molecular formula is C12H13BrN2O2S2. The van der Waals surface area contributed by atoms with Gasteiger partial charge in [-0.2, -0.15) is 21.7 Å². The summed E-state index contributed by atoms with van der Waals surface area (Å²) in [5.74, 6) is 1.29. The molecule has 0 spiro atoms. The van der Waals surface area contributed by atoms with E-state index in [-0.39, 0.29) is 4.90 Å². The molecule has 1 aliphatic heterocycles. The highest BCUT2D eigenvalue weighted by molar-refractivity contribution is 9.10. The van der Waals surface area contributed by atoms with Crippen molar-refractivity contribution in [2.45, 2.75) is 23.8 Å². The van der Waals surface area contributed by atoms with Crippen LogP contribution in [0, 0.1) is 18.3 Å². The van der Waals surface area contributed by atoms with E-state index < -0.39 is 15.6 Å². The van der Waals surface area contributed by atoms with E-state index in [4.69, 9.17) is 0 Å². The van der Waals surface area contributed by atoms with Crippen LogP contribution in [0.25, 0.3) is 0 Å². The molecule has 1 aromatic carbocycles. The largest absolute Gasteiger partial charge is 0.242 e. The van der Waals surface area contributed by atoms with Crippen molar-refractivity contribution in [3.8, 4) is 6.07 Å². The van der Waals surface area contributed by atoms with Gasteiger partial charge in [0.1, 0.15) is 5.54 Å². The number of nitrogens with one attached hydrogen (secondary N) is 1. The van der Waals surface area contributed by atoms with Crippen molar-refractivity contribution in [3.05, 3.63) is 28.2 Å². The zero-order valence-electron chi connectivity index (χ0n) is 10.3. The summed E-state index contributed by atoms with van der Waals surface area (Å²) < 4.78 is 28.1. The van der Waals surface area contributed by atoms with Crippen LogP contribution in [0.5, 0.6) is 0 Å². The van der Waals surface area contributed by atoms with E-state index in [1.165, 1.54) is 0 Å². The van der Waals surface area contributed by atoms with Crippen LogP contribution < -0.4 is 4.72 Å². The average Bonchev–Trinajstić information content (AvgIpc) is 2.80. The molecule has 0 aliphatic carbocycles. The van der Waals surface area contributed by atoms with Gasteiger partial charge in [-0.05, 0) is 36.8 Å². The van der Waals surface area contributed by atoms with Crippen LogP contribution in [0.2, 0.25) is 0 Å². The summed E-state index contributed by atoms with van der Waals surface area (Å²) >= 11 is 4.86. The fourth-order valence-corrected chi connectivity index (χ4v) is 5.42. The first kappa shape index (κ1) is 14.9. The molecule has 0 amide bonds. The van der Waals surface area contributed by atoms with E-state index in [0.717, 1.165) is 5.75 Å². The number of hydrogen-bond donors (Lipinski definition) is 1. The van der Waals surface area contributed by atoms with Crippen molar-refractivity contribution in [2.75, 3.05) is 11.5 Å². The lowest BCUT2D eigenvalue weighted by Gasteiger charge is -2.21. The average molecular weight is 361 g/mol. The summed E-state index contributed by atoms with van der Waals surface area (Å²) in [4.78, 5) is 0.216. The van der Waals surface area contributed by atoms with Gasteiger partial charge in [-0.15, -0.1) is 0 Å². The van der Waals surface area contributed by atoms with Gasteiger partial charge in [-0.1, -0.05) is 22.0 Å². The summed E-state index contributed by atoms with van der Waals surface area (Å²) in [6.07, 6.45) is 0.542. The monoisotopic (exact) mass is 360 g/mol. The topological polar surface area (TPSA) is 70.0 Å². The van der Waals surface area contributed by atoms with Crippen LogP contribution in [0.4, 0.5) is 0 Å². The minimum Gasteiger partial charge on any atom is -0.207 e. The predicted molar refractivity (Wildman–Crippen MR) is 79.5 cm³/mol. The van der Waals surface area contributed by atoms with Crippen LogP contribution in [-0.2, 0) is 10.0 Å². The van der Waals surface area contributed by atoms with Crippen molar-refractivity contribution in [3.63, 3.8) is 0 Å². The van der Waals surface area contributed by atoms with Gasteiger partial charge < -0.3 is 0 Å². The molecule has 1 fully saturated rings. The van der Waals surface area contributed by atoms with Crippen molar-refractivity contribution >= 4 is 37.7 Å². The first-order valence-corrected chi connectivity index (χ1v) is 9.11. The van der Waals surface area contributed by atoms with Gasteiger partial charge >= 0.3 is 0 Å². The molecule has 0 radical (unpaired) electrons. The maximum atomic E-state index is 12.4. The van der Waals surface area contributed by atoms with E-state index in [1.807, 2.05) is 0 Å². The van der Waals surface area contributed by atoms with Gasteiger partial charge in [-0.3, -0.25) is 0 Å². The Labute approximate surface area is 125 Å². The lowest BCUT2D eigenvalue weighted by Crippen LogP contribution is -2.47. The third-order valence-electron chi connectivity index (χ3n) is 3.01. The lowest BCUT2D eigenvalue weighted by molar-refractivity contribution is 0.514. The summed E-state index contributed by atoms with van der Waals surface area (Å²) in [6, 6.07) is 7.20.